The first-order valence-electron chi connectivity index (χ1n) is 5.74. The van der Waals surface area contributed by atoms with Crippen LogP contribution in [0.15, 0.2) is 23.1 Å². The summed E-state index contributed by atoms with van der Waals surface area (Å²) >= 11 is 0. The smallest absolute Gasteiger partial charge is 0.271 e. The first-order chi connectivity index (χ1) is 8.88. The molecule has 19 heavy (non-hydrogen) atoms. The van der Waals surface area contributed by atoms with Gasteiger partial charge in [-0.05, 0) is 24.8 Å². The summed E-state index contributed by atoms with van der Waals surface area (Å²) in [6.07, 6.45) is 3.25. The second-order valence-electron chi connectivity index (χ2n) is 4.43. The van der Waals surface area contributed by atoms with Gasteiger partial charge in [0.25, 0.3) is 14.7 Å². The number of hydrogen-bond acceptors (Lipinski definition) is 5. The van der Waals surface area contributed by atoms with Crippen molar-refractivity contribution < 1.29 is 18.1 Å². The van der Waals surface area contributed by atoms with Crippen molar-refractivity contribution in [2.24, 2.45) is 5.92 Å². The predicted octanol–water partition coefficient (Wildman–Crippen LogP) is 2.70. The summed E-state index contributed by atoms with van der Waals surface area (Å²) in [5, 5.41) is 10.6. The lowest BCUT2D eigenvalue weighted by molar-refractivity contribution is -0.385. The van der Waals surface area contributed by atoms with Crippen molar-refractivity contribution in [2.75, 3.05) is 6.61 Å². The molecule has 1 aliphatic carbocycles. The van der Waals surface area contributed by atoms with Gasteiger partial charge in [-0.25, -0.2) is 8.42 Å². The number of halogens is 1. The fraction of sp³-hybridized carbons (Fsp3) is 0.455. The topological polar surface area (TPSA) is 86.5 Å². The Hall–Kier alpha value is -1.34. The SMILES string of the molecule is O=[N+]([O-])c1ccc(OCC2CCC2)c(S(=O)(=O)Cl)c1. The zero-order valence-corrected chi connectivity index (χ0v) is 11.5. The number of nitro benzene ring substituents is 1. The van der Waals surface area contributed by atoms with Crippen LogP contribution in [0.4, 0.5) is 5.69 Å². The van der Waals surface area contributed by atoms with Gasteiger partial charge >= 0.3 is 0 Å². The average Bonchev–Trinajstić information content (AvgIpc) is 2.25. The highest BCUT2D eigenvalue weighted by atomic mass is 35.7. The highest BCUT2D eigenvalue weighted by Crippen LogP contribution is 2.33. The first kappa shape index (κ1) is 14.1. The van der Waals surface area contributed by atoms with E-state index in [4.69, 9.17) is 15.4 Å². The third-order valence-corrected chi connectivity index (χ3v) is 4.44. The van der Waals surface area contributed by atoms with Crippen molar-refractivity contribution in [3.8, 4) is 5.75 Å². The Bertz CT molecular complexity index is 597. The minimum atomic E-state index is -4.08. The van der Waals surface area contributed by atoms with Crippen LogP contribution >= 0.6 is 10.7 Å². The van der Waals surface area contributed by atoms with Crippen LogP contribution in [0.5, 0.6) is 5.75 Å². The molecule has 0 atom stereocenters. The summed E-state index contributed by atoms with van der Waals surface area (Å²) in [6.45, 7) is 0.400. The Kier molecular flexibility index (Phi) is 3.96. The third-order valence-electron chi connectivity index (χ3n) is 3.10. The molecule has 1 aromatic rings. The summed E-state index contributed by atoms with van der Waals surface area (Å²) in [4.78, 5) is 9.60. The van der Waals surface area contributed by atoms with E-state index in [0.717, 1.165) is 25.3 Å². The van der Waals surface area contributed by atoms with Crippen LogP contribution < -0.4 is 4.74 Å². The van der Waals surface area contributed by atoms with Crippen LogP contribution in [0.1, 0.15) is 19.3 Å². The van der Waals surface area contributed by atoms with Crippen molar-refractivity contribution in [3.05, 3.63) is 28.3 Å². The number of nitrogens with zero attached hydrogens (tertiary/aromatic N) is 1. The second-order valence-corrected chi connectivity index (χ2v) is 6.97. The van der Waals surface area contributed by atoms with Gasteiger partial charge in [0.1, 0.15) is 10.6 Å². The quantitative estimate of drug-likeness (QED) is 0.474. The Morgan fingerprint density at radius 1 is 1.42 bits per heavy atom. The van der Waals surface area contributed by atoms with Crippen molar-refractivity contribution in [1.29, 1.82) is 0 Å². The molecule has 1 aliphatic rings. The largest absolute Gasteiger partial charge is 0.492 e. The number of benzene rings is 1. The van der Waals surface area contributed by atoms with E-state index in [1.165, 1.54) is 12.1 Å². The lowest BCUT2D eigenvalue weighted by Crippen LogP contribution is -2.19. The Labute approximate surface area is 114 Å². The summed E-state index contributed by atoms with van der Waals surface area (Å²) < 4.78 is 28.3. The standard InChI is InChI=1S/C11H12ClNO5S/c12-19(16,17)11-6-9(13(14)15)4-5-10(11)18-7-8-2-1-3-8/h4-6,8H,1-3,7H2. The van der Waals surface area contributed by atoms with Crippen LogP contribution in [0.25, 0.3) is 0 Å². The fourth-order valence-corrected chi connectivity index (χ4v) is 2.78. The van der Waals surface area contributed by atoms with Gasteiger partial charge in [0, 0.05) is 22.8 Å². The molecule has 0 saturated heterocycles. The molecule has 0 N–H and O–H groups in total. The normalized spacial score (nSPS) is 15.8. The third kappa shape index (κ3) is 3.36. The van der Waals surface area contributed by atoms with E-state index >= 15 is 0 Å². The van der Waals surface area contributed by atoms with Crippen LogP contribution in [-0.2, 0) is 9.05 Å². The minimum absolute atomic E-state index is 0.0625. The predicted molar refractivity (Wildman–Crippen MR) is 69.0 cm³/mol. The number of rotatable bonds is 5. The van der Waals surface area contributed by atoms with Crippen LogP contribution in [0.2, 0.25) is 0 Å². The van der Waals surface area contributed by atoms with Gasteiger partial charge in [-0.3, -0.25) is 10.1 Å². The molecule has 0 radical (unpaired) electrons. The van der Waals surface area contributed by atoms with Crippen molar-refractivity contribution in [1.82, 2.24) is 0 Å². The summed E-state index contributed by atoms with van der Waals surface area (Å²) in [6, 6.07) is 3.38. The molecule has 2 rings (SSSR count). The van der Waals surface area contributed by atoms with Gasteiger partial charge in [-0.2, -0.15) is 0 Å². The van der Waals surface area contributed by atoms with Crippen molar-refractivity contribution in [2.45, 2.75) is 24.2 Å². The molecule has 0 spiro atoms. The van der Waals surface area contributed by atoms with Gasteiger partial charge in [-0.1, -0.05) is 6.42 Å². The van der Waals surface area contributed by atoms with Gasteiger partial charge < -0.3 is 4.74 Å². The molecule has 8 heteroatoms. The number of hydrogen-bond donors (Lipinski definition) is 0. The molecule has 6 nitrogen and oxygen atoms in total. The van der Waals surface area contributed by atoms with Gasteiger partial charge in [0.2, 0.25) is 0 Å². The van der Waals surface area contributed by atoms with E-state index in [0.29, 0.717) is 12.5 Å². The molecule has 1 saturated carbocycles. The first-order valence-corrected chi connectivity index (χ1v) is 8.05. The molecule has 104 valence electrons. The molecular weight excluding hydrogens is 294 g/mol. The fourth-order valence-electron chi connectivity index (χ4n) is 1.79. The van der Waals surface area contributed by atoms with E-state index in [-0.39, 0.29) is 16.3 Å². The summed E-state index contributed by atoms with van der Waals surface area (Å²) in [5.41, 5.74) is -0.338. The maximum absolute atomic E-state index is 11.4. The summed E-state index contributed by atoms with van der Waals surface area (Å²) in [7, 11) is 1.19. The minimum Gasteiger partial charge on any atom is -0.492 e. The molecule has 0 heterocycles. The molecule has 0 aliphatic heterocycles. The maximum Gasteiger partial charge on any atom is 0.271 e. The molecule has 1 fully saturated rings. The van der Waals surface area contributed by atoms with Crippen LogP contribution in [0, 0.1) is 16.0 Å². The van der Waals surface area contributed by atoms with Gasteiger partial charge in [0.05, 0.1) is 11.5 Å². The lowest BCUT2D eigenvalue weighted by atomic mass is 9.86. The van der Waals surface area contributed by atoms with Crippen molar-refractivity contribution in [3.63, 3.8) is 0 Å². The maximum atomic E-state index is 11.4. The molecule has 1 aromatic carbocycles. The van der Waals surface area contributed by atoms with Gasteiger partial charge in [-0.15, -0.1) is 0 Å². The zero-order chi connectivity index (χ0) is 14.0. The number of nitro groups is 1. The molecule has 0 unspecified atom stereocenters. The van der Waals surface area contributed by atoms with E-state index in [1.54, 1.807) is 0 Å². The highest BCUT2D eigenvalue weighted by molar-refractivity contribution is 8.13. The van der Waals surface area contributed by atoms with Crippen molar-refractivity contribution >= 4 is 25.4 Å². The molecule has 0 bridgehead atoms. The zero-order valence-electron chi connectivity index (χ0n) is 9.91. The van der Waals surface area contributed by atoms with E-state index in [1.807, 2.05) is 0 Å². The van der Waals surface area contributed by atoms with Gasteiger partial charge in [0.15, 0.2) is 0 Å². The number of ether oxygens (including phenoxy) is 1. The summed E-state index contributed by atoms with van der Waals surface area (Å²) in [5.74, 6) is 0.480. The highest BCUT2D eigenvalue weighted by Gasteiger charge is 2.23. The Balaban J connectivity index is 2.27. The van der Waals surface area contributed by atoms with E-state index < -0.39 is 14.0 Å². The average molecular weight is 306 g/mol. The monoisotopic (exact) mass is 305 g/mol. The molecule has 0 aromatic heterocycles. The molecular formula is C11H12ClNO5S. The van der Waals surface area contributed by atoms with Crippen LogP contribution in [-0.4, -0.2) is 19.9 Å². The Morgan fingerprint density at radius 2 is 2.11 bits per heavy atom. The lowest BCUT2D eigenvalue weighted by Gasteiger charge is -2.25. The molecule has 0 amide bonds. The Morgan fingerprint density at radius 3 is 2.58 bits per heavy atom. The van der Waals surface area contributed by atoms with E-state index in [2.05, 4.69) is 0 Å². The van der Waals surface area contributed by atoms with Crippen LogP contribution in [0.3, 0.4) is 0 Å². The van der Waals surface area contributed by atoms with E-state index in [9.17, 15) is 18.5 Å². The second kappa shape index (κ2) is 5.34. The number of non-ortho nitro benzene ring substituents is 1.